The van der Waals surface area contributed by atoms with Gasteiger partial charge in [-0.05, 0) is 59.3 Å². The van der Waals surface area contributed by atoms with Crippen molar-refractivity contribution in [3.8, 4) is 11.5 Å². The second-order valence-corrected chi connectivity index (χ2v) is 7.62. The highest BCUT2D eigenvalue weighted by Gasteiger charge is 2.37. The molecule has 0 unspecified atom stereocenters. The van der Waals surface area contributed by atoms with Gasteiger partial charge in [-0.25, -0.2) is 9.69 Å². The van der Waals surface area contributed by atoms with Crippen molar-refractivity contribution in [3.63, 3.8) is 0 Å². The molecule has 0 radical (unpaired) electrons. The van der Waals surface area contributed by atoms with Gasteiger partial charge >= 0.3 is 6.03 Å². The molecule has 4 rings (SSSR count). The first-order chi connectivity index (χ1) is 14.9. The number of carbonyl (C=O) groups excluding carboxylic acids is 3. The molecule has 1 saturated heterocycles. The number of carbonyl (C=O) groups is 3. The maximum Gasteiger partial charge on any atom is 0.335 e. The van der Waals surface area contributed by atoms with E-state index in [1.165, 1.54) is 13.2 Å². The third-order valence-electron chi connectivity index (χ3n) is 4.93. The lowest BCUT2D eigenvalue weighted by molar-refractivity contribution is -0.122. The van der Waals surface area contributed by atoms with Crippen LogP contribution in [0.15, 0.2) is 64.6 Å². The molecule has 0 saturated carbocycles. The number of nitrogens with zero attached hydrogens (tertiary/aromatic N) is 1. The molecule has 0 atom stereocenters. The molecule has 3 aromatic carbocycles. The van der Waals surface area contributed by atoms with Gasteiger partial charge in [0.2, 0.25) is 0 Å². The lowest BCUT2D eigenvalue weighted by atomic mass is 9.99. The summed E-state index contributed by atoms with van der Waals surface area (Å²) in [6, 6.07) is 14.9. The summed E-state index contributed by atoms with van der Waals surface area (Å²) in [6.07, 6.45) is 1.44. The van der Waals surface area contributed by atoms with E-state index in [-0.39, 0.29) is 5.57 Å². The van der Waals surface area contributed by atoms with Crippen LogP contribution in [0.1, 0.15) is 5.56 Å². The van der Waals surface area contributed by atoms with Crippen LogP contribution in [0.3, 0.4) is 0 Å². The van der Waals surface area contributed by atoms with Gasteiger partial charge in [0.15, 0.2) is 0 Å². The number of amides is 4. The van der Waals surface area contributed by atoms with Crippen LogP contribution in [0.5, 0.6) is 11.5 Å². The number of hydrogen-bond donors (Lipinski definition) is 1. The number of anilines is 1. The summed E-state index contributed by atoms with van der Waals surface area (Å²) in [7, 11) is 3.06. The van der Waals surface area contributed by atoms with Crippen LogP contribution in [0, 0.1) is 0 Å². The molecule has 1 N–H and O–H groups in total. The van der Waals surface area contributed by atoms with Crippen LogP contribution in [0.25, 0.3) is 16.8 Å². The Morgan fingerprint density at radius 3 is 2.32 bits per heavy atom. The molecule has 4 amide bonds. The zero-order valence-corrected chi connectivity index (χ0v) is 18.2. The molecule has 31 heavy (non-hydrogen) atoms. The molecule has 8 heteroatoms. The number of rotatable bonds is 4. The summed E-state index contributed by atoms with van der Waals surface area (Å²) in [5.41, 5.74) is 0.689. The van der Waals surface area contributed by atoms with Gasteiger partial charge in [0.1, 0.15) is 17.1 Å². The molecule has 1 heterocycles. The zero-order chi connectivity index (χ0) is 22.1. The van der Waals surface area contributed by atoms with E-state index >= 15 is 0 Å². The molecule has 7 nitrogen and oxygen atoms in total. The van der Waals surface area contributed by atoms with Crippen molar-refractivity contribution in [2.45, 2.75) is 0 Å². The van der Waals surface area contributed by atoms with Crippen LogP contribution >= 0.6 is 15.9 Å². The fourth-order valence-electron chi connectivity index (χ4n) is 3.38. The van der Waals surface area contributed by atoms with Gasteiger partial charge in [-0.3, -0.25) is 14.9 Å². The minimum absolute atomic E-state index is 0.184. The van der Waals surface area contributed by atoms with Gasteiger partial charge in [0, 0.05) is 10.0 Å². The molecule has 0 spiro atoms. The Bertz CT molecular complexity index is 1250. The SMILES string of the molecule is COc1ccc2ccc(OC)c(/C=C3\C(=O)NC(=O)N(c4ccc(Br)cc4)C3=O)c2c1. The zero-order valence-electron chi connectivity index (χ0n) is 16.6. The molecule has 0 bridgehead atoms. The summed E-state index contributed by atoms with van der Waals surface area (Å²) < 4.78 is 11.6. The van der Waals surface area contributed by atoms with Crippen molar-refractivity contribution >= 4 is 56.3 Å². The average molecular weight is 481 g/mol. The third-order valence-corrected chi connectivity index (χ3v) is 5.45. The number of urea groups is 1. The maximum atomic E-state index is 13.2. The Balaban J connectivity index is 1.88. The average Bonchev–Trinajstić information content (AvgIpc) is 2.77. The number of fused-ring (bicyclic) bond motifs is 1. The van der Waals surface area contributed by atoms with Crippen molar-refractivity contribution < 1.29 is 23.9 Å². The van der Waals surface area contributed by atoms with Crippen molar-refractivity contribution in [2.75, 3.05) is 19.1 Å². The summed E-state index contributed by atoms with van der Waals surface area (Å²) in [5.74, 6) is -0.407. The van der Waals surface area contributed by atoms with E-state index < -0.39 is 17.8 Å². The lowest BCUT2D eigenvalue weighted by Gasteiger charge is -2.26. The Hall–Kier alpha value is -3.65. The highest BCUT2D eigenvalue weighted by atomic mass is 79.9. The van der Waals surface area contributed by atoms with Gasteiger partial charge in [-0.2, -0.15) is 0 Å². The van der Waals surface area contributed by atoms with E-state index in [2.05, 4.69) is 21.2 Å². The van der Waals surface area contributed by atoms with Gasteiger partial charge in [-0.1, -0.05) is 28.1 Å². The molecule has 1 aliphatic heterocycles. The van der Waals surface area contributed by atoms with E-state index in [4.69, 9.17) is 9.47 Å². The Morgan fingerprint density at radius 1 is 0.935 bits per heavy atom. The molecule has 3 aromatic rings. The monoisotopic (exact) mass is 480 g/mol. The largest absolute Gasteiger partial charge is 0.497 e. The van der Waals surface area contributed by atoms with E-state index in [9.17, 15) is 14.4 Å². The van der Waals surface area contributed by atoms with E-state index in [0.717, 1.165) is 20.1 Å². The number of ether oxygens (including phenoxy) is 2. The quantitative estimate of drug-likeness (QED) is 0.444. The molecular formula is C23H17BrN2O5. The van der Waals surface area contributed by atoms with Crippen LogP contribution in [-0.4, -0.2) is 32.1 Å². The Labute approximate surface area is 186 Å². The minimum Gasteiger partial charge on any atom is -0.497 e. The highest BCUT2D eigenvalue weighted by Crippen LogP contribution is 2.33. The van der Waals surface area contributed by atoms with Gasteiger partial charge < -0.3 is 9.47 Å². The van der Waals surface area contributed by atoms with E-state index in [1.807, 2.05) is 18.2 Å². The molecule has 156 valence electrons. The summed E-state index contributed by atoms with van der Waals surface area (Å²) in [6.45, 7) is 0. The van der Waals surface area contributed by atoms with Crippen LogP contribution < -0.4 is 19.7 Å². The number of nitrogens with one attached hydrogen (secondary N) is 1. The fourth-order valence-corrected chi connectivity index (χ4v) is 3.65. The van der Waals surface area contributed by atoms with Gasteiger partial charge in [-0.15, -0.1) is 0 Å². The van der Waals surface area contributed by atoms with Crippen LogP contribution in [0.4, 0.5) is 10.5 Å². The first-order valence-electron chi connectivity index (χ1n) is 9.24. The predicted octanol–water partition coefficient (Wildman–Crippen LogP) is 4.29. The van der Waals surface area contributed by atoms with Crippen molar-refractivity contribution in [1.82, 2.24) is 5.32 Å². The molecule has 0 aliphatic carbocycles. The molecule has 1 fully saturated rings. The first kappa shape index (κ1) is 20.6. The maximum absolute atomic E-state index is 13.2. The summed E-state index contributed by atoms with van der Waals surface area (Å²) >= 11 is 3.32. The minimum atomic E-state index is -0.805. The molecular weight excluding hydrogens is 464 g/mol. The smallest absolute Gasteiger partial charge is 0.335 e. The number of benzene rings is 3. The van der Waals surface area contributed by atoms with Crippen LogP contribution in [0.2, 0.25) is 0 Å². The first-order valence-corrected chi connectivity index (χ1v) is 10.0. The van der Waals surface area contributed by atoms with Crippen LogP contribution in [-0.2, 0) is 9.59 Å². The van der Waals surface area contributed by atoms with Crippen molar-refractivity contribution in [1.29, 1.82) is 0 Å². The second-order valence-electron chi connectivity index (χ2n) is 6.70. The normalized spacial score (nSPS) is 15.4. The summed E-state index contributed by atoms with van der Waals surface area (Å²) in [5, 5.41) is 3.84. The molecule has 1 aliphatic rings. The standard InChI is InChI=1S/C23H17BrN2O5/c1-30-16-9-3-13-4-10-20(31-2)18(17(13)11-16)12-19-21(27)25-23(29)26(22(19)28)15-7-5-14(24)6-8-15/h3-12H,1-2H3,(H,25,27,29)/b19-12+. The predicted molar refractivity (Wildman–Crippen MR) is 120 cm³/mol. The topological polar surface area (TPSA) is 84.9 Å². The highest BCUT2D eigenvalue weighted by molar-refractivity contribution is 9.10. The fraction of sp³-hybridized carbons (Fsp3) is 0.0870. The number of imide groups is 2. The van der Waals surface area contributed by atoms with Crippen molar-refractivity contribution in [3.05, 3.63) is 70.2 Å². The number of methoxy groups -OCH3 is 2. The lowest BCUT2D eigenvalue weighted by Crippen LogP contribution is -2.54. The number of halogens is 1. The third kappa shape index (κ3) is 3.77. The van der Waals surface area contributed by atoms with Crippen molar-refractivity contribution in [2.24, 2.45) is 0 Å². The Morgan fingerprint density at radius 2 is 1.65 bits per heavy atom. The van der Waals surface area contributed by atoms with E-state index in [0.29, 0.717) is 22.7 Å². The number of hydrogen-bond acceptors (Lipinski definition) is 5. The number of barbiturate groups is 1. The van der Waals surface area contributed by atoms with Gasteiger partial charge in [0.25, 0.3) is 11.8 Å². The summed E-state index contributed by atoms with van der Waals surface area (Å²) in [4.78, 5) is 39.1. The molecule has 0 aromatic heterocycles. The van der Waals surface area contributed by atoms with Gasteiger partial charge in [0.05, 0.1) is 19.9 Å². The second kappa shape index (κ2) is 8.23. The van der Waals surface area contributed by atoms with E-state index in [1.54, 1.807) is 43.5 Å². The Kier molecular flexibility index (Phi) is 5.48.